The van der Waals surface area contributed by atoms with E-state index in [0.717, 1.165) is 31.2 Å². The first-order valence-corrected chi connectivity index (χ1v) is 13.3. The molecular formula is C25H28N8O4S. The Kier molecular flexibility index (Phi) is 6.57. The number of aromatic nitrogens is 2. The summed E-state index contributed by atoms with van der Waals surface area (Å²) in [5.74, 6) is -0.229. The number of H-pyrrole nitrogens is 1. The zero-order chi connectivity index (χ0) is 26.2. The van der Waals surface area contributed by atoms with Gasteiger partial charge < -0.3 is 25.2 Å². The molecule has 38 heavy (non-hydrogen) atoms. The second-order valence-corrected chi connectivity index (χ2v) is 10.5. The minimum absolute atomic E-state index is 0.229. The van der Waals surface area contributed by atoms with Gasteiger partial charge in [-0.25, -0.2) is 9.80 Å². The third-order valence-electron chi connectivity index (χ3n) is 7.04. The predicted octanol–water partition coefficient (Wildman–Crippen LogP) is 2.04. The number of fused-ring (bicyclic) bond motifs is 3. The molecule has 0 radical (unpaired) electrons. The fourth-order valence-electron chi connectivity index (χ4n) is 5.03. The van der Waals surface area contributed by atoms with Crippen molar-refractivity contribution in [3.63, 3.8) is 0 Å². The summed E-state index contributed by atoms with van der Waals surface area (Å²) in [5, 5.41) is 15.9. The van der Waals surface area contributed by atoms with Crippen LogP contribution < -0.4 is 21.0 Å². The minimum Gasteiger partial charge on any atom is -0.379 e. The first-order valence-electron chi connectivity index (χ1n) is 12.5. The summed E-state index contributed by atoms with van der Waals surface area (Å²) < 4.78 is 5.32. The van der Waals surface area contributed by atoms with Gasteiger partial charge in [-0.15, -0.1) is 11.3 Å². The Balaban J connectivity index is 1.30. The molecule has 4 N–H and O–H groups in total. The smallest absolute Gasteiger partial charge is 0.333 e. The normalized spacial score (nSPS) is 17.7. The van der Waals surface area contributed by atoms with Crippen LogP contribution in [0.5, 0.6) is 0 Å². The average molecular weight is 537 g/mol. The molecule has 3 aliphatic rings. The number of hydrogen-bond donors (Lipinski definition) is 4. The number of nitrogens with zero attached hydrogens (tertiary/aromatic N) is 4. The fourth-order valence-corrected chi connectivity index (χ4v) is 6.20. The number of nitrogens with one attached hydrogen (secondary N) is 4. The van der Waals surface area contributed by atoms with Gasteiger partial charge in [0, 0.05) is 44.8 Å². The summed E-state index contributed by atoms with van der Waals surface area (Å²) in [6.07, 6.45) is 0.637. The molecule has 0 saturated carbocycles. The molecule has 198 valence electrons. The summed E-state index contributed by atoms with van der Waals surface area (Å²) in [4.78, 5) is 43.2. The summed E-state index contributed by atoms with van der Waals surface area (Å²) in [7, 11) is 2.10. The van der Waals surface area contributed by atoms with Crippen LogP contribution in [0.4, 0.5) is 21.2 Å². The molecular weight excluding hydrogens is 508 g/mol. The van der Waals surface area contributed by atoms with Crippen LogP contribution in [0.1, 0.15) is 15.9 Å². The number of urea groups is 1. The second-order valence-electron chi connectivity index (χ2n) is 9.42. The van der Waals surface area contributed by atoms with Crippen molar-refractivity contribution in [2.75, 3.05) is 75.1 Å². The van der Waals surface area contributed by atoms with E-state index in [1.54, 1.807) is 17.1 Å². The van der Waals surface area contributed by atoms with Crippen molar-refractivity contribution >= 4 is 45.9 Å². The Morgan fingerprint density at radius 3 is 2.66 bits per heavy atom. The monoisotopic (exact) mass is 536 g/mol. The lowest BCUT2D eigenvalue weighted by atomic mass is 10.1. The van der Waals surface area contributed by atoms with Crippen LogP contribution in [0.2, 0.25) is 0 Å². The second kappa shape index (κ2) is 10.2. The van der Waals surface area contributed by atoms with E-state index in [1.807, 2.05) is 12.1 Å². The predicted molar refractivity (Wildman–Crippen MR) is 145 cm³/mol. The Labute approximate surface area is 222 Å². The van der Waals surface area contributed by atoms with Gasteiger partial charge in [0.15, 0.2) is 5.78 Å². The van der Waals surface area contributed by atoms with Gasteiger partial charge in [0.25, 0.3) is 0 Å². The molecule has 6 rings (SSSR count). The highest BCUT2D eigenvalue weighted by Gasteiger charge is 2.36. The number of anilines is 3. The Bertz CT molecular complexity index is 1390. The van der Waals surface area contributed by atoms with E-state index in [2.05, 4.69) is 43.1 Å². The van der Waals surface area contributed by atoms with Crippen LogP contribution in [0.3, 0.4) is 0 Å². The Morgan fingerprint density at radius 1 is 1.11 bits per heavy atom. The van der Waals surface area contributed by atoms with Gasteiger partial charge in [-0.1, -0.05) is 12.1 Å². The van der Waals surface area contributed by atoms with Crippen LogP contribution in [0.15, 0.2) is 24.3 Å². The number of hydrogen-bond acceptors (Lipinski definition) is 9. The number of amides is 3. The van der Waals surface area contributed by atoms with Crippen LogP contribution in [-0.2, 0) is 9.53 Å². The lowest BCUT2D eigenvalue weighted by Gasteiger charge is -2.32. The van der Waals surface area contributed by atoms with Gasteiger partial charge in [-0.3, -0.25) is 20.1 Å². The number of carbonyl (C=O) groups is 3. The maximum atomic E-state index is 13.8. The minimum atomic E-state index is -0.422. The van der Waals surface area contributed by atoms with Gasteiger partial charge in [-0.05, 0) is 19.2 Å². The van der Waals surface area contributed by atoms with Gasteiger partial charge >= 0.3 is 6.03 Å². The molecule has 4 heterocycles. The van der Waals surface area contributed by atoms with E-state index in [4.69, 9.17) is 4.74 Å². The fraction of sp³-hybridized carbons (Fsp3) is 0.360. The number of piperazine rings is 1. The Morgan fingerprint density at radius 2 is 1.89 bits per heavy atom. The number of ketones is 1. The molecule has 3 amide bonds. The Hall–Kier alpha value is -3.78. The highest BCUT2D eigenvalue weighted by atomic mass is 32.1. The van der Waals surface area contributed by atoms with E-state index in [1.165, 1.54) is 11.3 Å². The maximum Gasteiger partial charge on any atom is 0.333 e. The molecule has 0 unspecified atom stereocenters. The number of aromatic amines is 1. The van der Waals surface area contributed by atoms with Gasteiger partial charge in [-0.2, -0.15) is 5.10 Å². The zero-order valence-corrected chi connectivity index (χ0v) is 21.7. The number of morpholine rings is 1. The molecule has 12 nitrogen and oxygen atoms in total. The molecule has 1 aliphatic carbocycles. The standard InChI is InChI=1S/C25H28N8O4S/c1-31-5-7-32(8-6-31)18-13-17(26-14-34)24(38-18)22-20-21(28-29-22)15-3-2-4-16(19(15)23(20)35)27-25(36)30-33-9-11-37-12-10-33/h2-4,13-14H,5-12H2,1H3,(H,26,34)(H,28,29)(H2,27,30,36). The molecule has 0 bridgehead atoms. The van der Waals surface area contributed by atoms with Crippen LogP contribution >= 0.6 is 11.3 Å². The maximum absolute atomic E-state index is 13.8. The van der Waals surface area contributed by atoms with Crippen LogP contribution in [-0.4, -0.2) is 97.9 Å². The number of hydrazine groups is 1. The molecule has 0 atom stereocenters. The highest BCUT2D eigenvalue weighted by molar-refractivity contribution is 7.20. The van der Waals surface area contributed by atoms with E-state index in [9.17, 15) is 14.4 Å². The SMILES string of the molecule is CN1CCN(c2cc(NC=O)c(-c3n[nH]c4c3C(=O)c3c(NC(=O)NN5CCOCC5)cccc3-4)s2)CC1. The lowest BCUT2D eigenvalue weighted by Crippen LogP contribution is -2.49. The number of thiophene rings is 1. The van der Waals surface area contributed by atoms with Gasteiger partial charge in [0.2, 0.25) is 6.41 Å². The van der Waals surface area contributed by atoms with E-state index >= 15 is 0 Å². The van der Waals surface area contributed by atoms with Crippen LogP contribution in [0.25, 0.3) is 21.8 Å². The van der Waals surface area contributed by atoms with Crippen molar-refractivity contribution in [3.8, 4) is 21.8 Å². The molecule has 3 aromatic rings. The van der Waals surface area contributed by atoms with Crippen molar-refractivity contribution in [2.45, 2.75) is 0 Å². The van der Waals surface area contributed by atoms with E-state index < -0.39 is 6.03 Å². The van der Waals surface area contributed by atoms with E-state index in [-0.39, 0.29) is 5.78 Å². The topological polar surface area (TPSA) is 135 Å². The quantitative estimate of drug-likeness (QED) is 0.275. The molecule has 1 aromatic carbocycles. The zero-order valence-electron chi connectivity index (χ0n) is 20.9. The summed E-state index contributed by atoms with van der Waals surface area (Å²) in [6, 6.07) is 6.86. The van der Waals surface area contributed by atoms with Crippen molar-refractivity contribution in [1.29, 1.82) is 0 Å². The van der Waals surface area contributed by atoms with Gasteiger partial charge in [0.05, 0.1) is 51.3 Å². The third kappa shape index (κ3) is 4.43. The number of rotatable bonds is 6. The first kappa shape index (κ1) is 24.6. The van der Waals surface area contributed by atoms with Crippen LogP contribution in [0, 0.1) is 0 Å². The summed E-state index contributed by atoms with van der Waals surface area (Å²) in [6.45, 7) is 5.92. The van der Waals surface area contributed by atoms with Crippen molar-refractivity contribution in [3.05, 3.63) is 35.4 Å². The average Bonchev–Trinajstić information content (AvgIpc) is 3.60. The van der Waals surface area contributed by atoms with Gasteiger partial charge in [0.1, 0.15) is 5.69 Å². The number of carbonyl (C=O) groups excluding carboxylic acids is 3. The summed E-state index contributed by atoms with van der Waals surface area (Å²) in [5.41, 5.74) is 6.45. The largest absolute Gasteiger partial charge is 0.379 e. The number of ether oxygens (including phenoxy) is 1. The molecule has 13 heteroatoms. The molecule has 2 aromatic heterocycles. The first-order chi connectivity index (χ1) is 18.5. The van der Waals surface area contributed by atoms with Crippen molar-refractivity contribution in [1.82, 2.24) is 25.5 Å². The summed E-state index contributed by atoms with van der Waals surface area (Å²) >= 11 is 1.50. The lowest BCUT2D eigenvalue weighted by molar-refractivity contribution is -0.105. The van der Waals surface area contributed by atoms with Crippen molar-refractivity contribution < 1.29 is 19.1 Å². The molecule has 2 fully saturated rings. The van der Waals surface area contributed by atoms with E-state index in [0.29, 0.717) is 77.0 Å². The van der Waals surface area contributed by atoms with Crippen molar-refractivity contribution in [2.24, 2.45) is 0 Å². The third-order valence-corrected chi connectivity index (χ3v) is 8.24. The highest BCUT2D eigenvalue weighted by Crippen LogP contribution is 2.47. The number of benzene rings is 1. The molecule has 0 spiro atoms. The molecule has 2 aliphatic heterocycles. The molecule has 2 saturated heterocycles. The number of likely N-dealkylation sites (N-methyl/N-ethyl adjacent to an activating group) is 1.